The lowest BCUT2D eigenvalue weighted by Gasteiger charge is -2.35. The fourth-order valence-corrected chi connectivity index (χ4v) is 3.47. The topological polar surface area (TPSA) is 21.3 Å². The minimum Gasteiger partial charge on any atom is -0.497 e. The van der Waals surface area contributed by atoms with Crippen LogP contribution >= 0.6 is 0 Å². The van der Waals surface area contributed by atoms with Crippen molar-refractivity contribution in [1.29, 1.82) is 0 Å². The standard InChI is InChI=1S/C18H29NO/c1-5-11-19-18(13(2)3)16-8-6-7-14-9-10-15(20-4)12-17(14)16/h9-10,12-13,16,18-19H,5-8,11H2,1-4H3. The third kappa shape index (κ3) is 3.35. The molecular formula is C18H29NO. The second-order valence-electron chi connectivity index (χ2n) is 6.29. The molecule has 1 N–H and O–H groups in total. The van der Waals surface area contributed by atoms with Gasteiger partial charge in [0.2, 0.25) is 0 Å². The molecule has 0 bridgehead atoms. The maximum absolute atomic E-state index is 5.43. The summed E-state index contributed by atoms with van der Waals surface area (Å²) in [6.45, 7) is 8.02. The molecular weight excluding hydrogens is 246 g/mol. The normalized spacial score (nSPS) is 19.8. The van der Waals surface area contributed by atoms with E-state index in [-0.39, 0.29) is 0 Å². The third-order valence-electron chi connectivity index (χ3n) is 4.50. The van der Waals surface area contributed by atoms with E-state index in [1.165, 1.54) is 36.8 Å². The van der Waals surface area contributed by atoms with Gasteiger partial charge < -0.3 is 10.1 Å². The van der Waals surface area contributed by atoms with E-state index in [9.17, 15) is 0 Å². The van der Waals surface area contributed by atoms with Crippen LogP contribution < -0.4 is 10.1 Å². The molecule has 20 heavy (non-hydrogen) atoms. The molecule has 112 valence electrons. The van der Waals surface area contributed by atoms with Crippen molar-refractivity contribution in [2.45, 2.75) is 58.4 Å². The van der Waals surface area contributed by atoms with Gasteiger partial charge in [0.25, 0.3) is 0 Å². The summed E-state index contributed by atoms with van der Waals surface area (Å²) in [5.74, 6) is 2.28. The average Bonchev–Trinajstić information content (AvgIpc) is 2.47. The van der Waals surface area contributed by atoms with Gasteiger partial charge >= 0.3 is 0 Å². The Kier molecular flexibility index (Phi) is 5.47. The number of fused-ring (bicyclic) bond motifs is 1. The monoisotopic (exact) mass is 275 g/mol. The summed E-state index contributed by atoms with van der Waals surface area (Å²) in [6, 6.07) is 7.20. The van der Waals surface area contributed by atoms with Crippen molar-refractivity contribution in [1.82, 2.24) is 5.32 Å². The molecule has 1 aromatic carbocycles. The van der Waals surface area contributed by atoms with E-state index in [2.05, 4.69) is 44.3 Å². The second kappa shape index (κ2) is 7.12. The predicted octanol–water partition coefficient (Wildman–Crippen LogP) is 4.14. The summed E-state index contributed by atoms with van der Waals surface area (Å²) in [5, 5.41) is 3.78. The van der Waals surface area contributed by atoms with Crippen LogP contribution in [0.15, 0.2) is 18.2 Å². The maximum atomic E-state index is 5.43. The molecule has 1 aromatic rings. The van der Waals surface area contributed by atoms with Crippen molar-refractivity contribution in [3.05, 3.63) is 29.3 Å². The third-order valence-corrected chi connectivity index (χ3v) is 4.50. The summed E-state index contributed by atoms with van der Waals surface area (Å²) in [5.41, 5.74) is 3.03. The molecule has 2 rings (SSSR count). The van der Waals surface area contributed by atoms with Gasteiger partial charge in [-0.25, -0.2) is 0 Å². The van der Waals surface area contributed by atoms with Crippen molar-refractivity contribution in [3.63, 3.8) is 0 Å². The zero-order valence-electron chi connectivity index (χ0n) is 13.4. The van der Waals surface area contributed by atoms with Gasteiger partial charge in [0.05, 0.1) is 7.11 Å². The molecule has 2 heteroatoms. The Bertz CT molecular complexity index is 427. The minimum absolute atomic E-state index is 0.570. The van der Waals surface area contributed by atoms with Gasteiger partial charge in [-0.1, -0.05) is 26.8 Å². The van der Waals surface area contributed by atoms with Crippen LogP contribution in [0.5, 0.6) is 5.75 Å². The summed E-state index contributed by atoms with van der Waals surface area (Å²) >= 11 is 0. The minimum atomic E-state index is 0.570. The van der Waals surface area contributed by atoms with Gasteiger partial charge in [0.1, 0.15) is 5.75 Å². The molecule has 0 fully saturated rings. The number of benzene rings is 1. The second-order valence-corrected chi connectivity index (χ2v) is 6.29. The van der Waals surface area contributed by atoms with Crippen LogP contribution in [-0.4, -0.2) is 19.7 Å². The van der Waals surface area contributed by atoms with Crippen molar-refractivity contribution in [2.24, 2.45) is 5.92 Å². The van der Waals surface area contributed by atoms with Crippen LogP contribution in [0.2, 0.25) is 0 Å². The number of hydrogen-bond donors (Lipinski definition) is 1. The van der Waals surface area contributed by atoms with Crippen LogP contribution in [0, 0.1) is 5.92 Å². The molecule has 0 aromatic heterocycles. The Labute approximate surface area is 123 Å². The highest BCUT2D eigenvalue weighted by molar-refractivity contribution is 5.40. The fraction of sp³-hybridized carbons (Fsp3) is 0.667. The summed E-state index contributed by atoms with van der Waals surface area (Å²) in [6.07, 6.45) is 5.01. The molecule has 1 aliphatic carbocycles. The molecule has 2 unspecified atom stereocenters. The quantitative estimate of drug-likeness (QED) is 0.842. The van der Waals surface area contributed by atoms with Gasteiger partial charge in [0, 0.05) is 6.04 Å². The smallest absolute Gasteiger partial charge is 0.119 e. The summed E-state index contributed by atoms with van der Waals surface area (Å²) in [7, 11) is 1.76. The number of nitrogens with one attached hydrogen (secondary N) is 1. The van der Waals surface area contributed by atoms with E-state index in [1.54, 1.807) is 7.11 Å². The van der Waals surface area contributed by atoms with E-state index in [0.29, 0.717) is 17.9 Å². The maximum Gasteiger partial charge on any atom is 0.119 e. The summed E-state index contributed by atoms with van der Waals surface area (Å²) in [4.78, 5) is 0. The van der Waals surface area contributed by atoms with Crippen molar-refractivity contribution in [3.8, 4) is 5.75 Å². The van der Waals surface area contributed by atoms with E-state index in [1.807, 2.05) is 0 Å². The van der Waals surface area contributed by atoms with Gasteiger partial charge in [-0.15, -0.1) is 0 Å². The van der Waals surface area contributed by atoms with E-state index in [4.69, 9.17) is 4.74 Å². The van der Waals surface area contributed by atoms with Gasteiger partial charge in [0.15, 0.2) is 0 Å². The molecule has 0 amide bonds. The highest BCUT2D eigenvalue weighted by Crippen LogP contribution is 2.38. The molecule has 1 aliphatic rings. The fourth-order valence-electron chi connectivity index (χ4n) is 3.47. The molecule has 0 saturated heterocycles. The Balaban J connectivity index is 2.28. The van der Waals surface area contributed by atoms with Gasteiger partial charge in [-0.05, 0) is 67.3 Å². The van der Waals surface area contributed by atoms with E-state index < -0.39 is 0 Å². The molecule has 0 radical (unpaired) electrons. The molecule has 2 atom stereocenters. The zero-order chi connectivity index (χ0) is 14.5. The Morgan fingerprint density at radius 2 is 2.15 bits per heavy atom. The van der Waals surface area contributed by atoms with Crippen LogP contribution in [0.4, 0.5) is 0 Å². The Hall–Kier alpha value is -1.02. The van der Waals surface area contributed by atoms with Crippen molar-refractivity contribution < 1.29 is 4.74 Å². The number of methoxy groups -OCH3 is 1. The first kappa shape index (κ1) is 15.4. The predicted molar refractivity (Wildman–Crippen MR) is 85.6 cm³/mol. The summed E-state index contributed by atoms with van der Waals surface area (Å²) < 4.78 is 5.43. The first-order valence-electron chi connectivity index (χ1n) is 8.07. The average molecular weight is 275 g/mol. The zero-order valence-corrected chi connectivity index (χ0v) is 13.4. The largest absolute Gasteiger partial charge is 0.497 e. The highest BCUT2D eigenvalue weighted by atomic mass is 16.5. The molecule has 0 spiro atoms. The number of aryl methyl sites for hydroxylation is 1. The van der Waals surface area contributed by atoms with Crippen molar-refractivity contribution in [2.75, 3.05) is 13.7 Å². The number of rotatable bonds is 6. The van der Waals surface area contributed by atoms with Crippen LogP contribution in [0.3, 0.4) is 0 Å². The lowest BCUT2D eigenvalue weighted by atomic mass is 9.75. The Morgan fingerprint density at radius 3 is 2.80 bits per heavy atom. The number of hydrogen-bond acceptors (Lipinski definition) is 2. The SMILES string of the molecule is CCCNC(C(C)C)C1CCCc2ccc(OC)cc21. The molecule has 2 nitrogen and oxygen atoms in total. The first-order valence-corrected chi connectivity index (χ1v) is 8.07. The first-order chi connectivity index (χ1) is 9.67. The lowest BCUT2D eigenvalue weighted by molar-refractivity contribution is 0.316. The lowest BCUT2D eigenvalue weighted by Crippen LogP contribution is -2.40. The molecule has 0 heterocycles. The number of ether oxygens (including phenoxy) is 1. The van der Waals surface area contributed by atoms with E-state index in [0.717, 1.165) is 12.3 Å². The Morgan fingerprint density at radius 1 is 1.35 bits per heavy atom. The van der Waals surface area contributed by atoms with Gasteiger partial charge in [-0.2, -0.15) is 0 Å². The van der Waals surface area contributed by atoms with Crippen LogP contribution in [0.25, 0.3) is 0 Å². The molecule has 0 aliphatic heterocycles. The highest BCUT2D eigenvalue weighted by Gasteiger charge is 2.29. The van der Waals surface area contributed by atoms with E-state index >= 15 is 0 Å². The molecule has 0 saturated carbocycles. The van der Waals surface area contributed by atoms with Crippen LogP contribution in [0.1, 0.15) is 57.1 Å². The van der Waals surface area contributed by atoms with Crippen LogP contribution in [-0.2, 0) is 6.42 Å². The van der Waals surface area contributed by atoms with Gasteiger partial charge in [-0.3, -0.25) is 0 Å². The van der Waals surface area contributed by atoms with Crippen molar-refractivity contribution >= 4 is 0 Å².